The third kappa shape index (κ3) is 3.56. The van der Waals surface area contributed by atoms with E-state index in [9.17, 15) is 10.1 Å². The first-order chi connectivity index (χ1) is 13.6. The maximum atomic E-state index is 11.2. The maximum Gasteiger partial charge on any atom is 0.311 e. The van der Waals surface area contributed by atoms with Gasteiger partial charge < -0.3 is 9.42 Å². The highest BCUT2D eigenvalue weighted by atomic mass is 16.6. The van der Waals surface area contributed by atoms with Crippen molar-refractivity contribution in [1.82, 2.24) is 20.0 Å². The van der Waals surface area contributed by atoms with Gasteiger partial charge in [0.1, 0.15) is 0 Å². The van der Waals surface area contributed by atoms with E-state index in [0.717, 1.165) is 18.7 Å². The van der Waals surface area contributed by atoms with Crippen molar-refractivity contribution in [3.05, 3.63) is 64.7 Å². The van der Waals surface area contributed by atoms with E-state index in [1.807, 2.05) is 42.2 Å². The molecule has 1 fully saturated rings. The van der Waals surface area contributed by atoms with Crippen molar-refractivity contribution in [1.29, 1.82) is 0 Å². The fourth-order valence-corrected chi connectivity index (χ4v) is 3.36. The number of piperazine rings is 1. The van der Waals surface area contributed by atoms with Crippen molar-refractivity contribution < 1.29 is 9.45 Å². The predicted octanol–water partition coefficient (Wildman–Crippen LogP) is 2.92. The molecule has 1 aliphatic rings. The van der Waals surface area contributed by atoms with Gasteiger partial charge in [0.25, 0.3) is 0 Å². The van der Waals surface area contributed by atoms with Gasteiger partial charge in [-0.3, -0.25) is 15.0 Å². The summed E-state index contributed by atoms with van der Waals surface area (Å²) in [6, 6.07) is 12.7. The molecule has 0 aliphatic carbocycles. The highest BCUT2D eigenvalue weighted by Gasteiger charge is 2.29. The zero-order valence-corrected chi connectivity index (χ0v) is 15.4. The predicted molar refractivity (Wildman–Crippen MR) is 103 cm³/mol. The van der Waals surface area contributed by atoms with Crippen LogP contribution in [0.2, 0.25) is 0 Å². The lowest BCUT2D eigenvalue weighted by Gasteiger charge is -2.37. The minimum absolute atomic E-state index is 0.0356. The van der Waals surface area contributed by atoms with Crippen LogP contribution in [0.1, 0.15) is 18.9 Å². The Labute approximate surface area is 161 Å². The summed E-state index contributed by atoms with van der Waals surface area (Å²) in [6.45, 7) is 4.75. The summed E-state index contributed by atoms with van der Waals surface area (Å²) in [4.78, 5) is 23.8. The van der Waals surface area contributed by atoms with Crippen molar-refractivity contribution >= 4 is 11.5 Å². The first kappa shape index (κ1) is 18.1. The second-order valence-corrected chi connectivity index (χ2v) is 6.62. The molecule has 3 aromatic rings. The van der Waals surface area contributed by atoms with Gasteiger partial charge in [0.15, 0.2) is 0 Å². The molecule has 0 unspecified atom stereocenters. The van der Waals surface area contributed by atoms with Gasteiger partial charge in [0, 0.05) is 44.0 Å². The normalized spacial score (nSPS) is 16.1. The van der Waals surface area contributed by atoms with E-state index in [0.29, 0.717) is 30.6 Å². The van der Waals surface area contributed by atoms with Gasteiger partial charge in [0.2, 0.25) is 17.5 Å². The van der Waals surface area contributed by atoms with Crippen molar-refractivity contribution in [3.63, 3.8) is 0 Å². The highest BCUT2D eigenvalue weighted by Crippen LogP contribution is 2.28. The lowest BCUT2D eigenvalue weighted by Crippen LogP contribution is -2.47. The van der Waals surface area contributed by atoms with Crippen LogP contribution in [0.5, 0.6) is 0 Å². The van der Waals surface area contributed by atoms with Gasteiger partial charge in [-0.05, 0) is 13.0 Å². The molecule has 9 heteroatoms. The van der Waals surface area contributed by atoms with Crippen LogP contribution in [-0.2, 0) is 0 Å². The maximum absolute atomic E-state index is 11.2. The van der Waals surface area contributed by atoms with Gasteiger partial charge in [-0.15, -0.1) is 0 Å². The average Bonchev–Trinajstić information content (AvgIpc) is 3.24. The number of aromatic nitrogens is 3. The standard InChI is InChI=1S/C19H20N6O3/c1-14(19-21-17(22-28-19)15-6-3-2-4-7-15)23-10-12-24(13-11-23)18-16(25(26)27)8-5-9-20-18/h2-9,14H,10-13H2,1H3/t14-/m1/s1. The third-order valence-electron chi connectivity index (χ3n) is 4.96. The van der Waals surface area contributed by atoms with Gasteiger partial charge >= 0.3 is 5.69 Å². The van der Waals surface area contributed by atoms with Gasteiger partial charge in [-0.1, -0.05) is 35.5 Å². The van der Waals surface area contributed by atoms with Crippen LogP contribution in [0.15, 0.2) is 53.2 Å². The Morgan fingerprint density at radius 3 is 2.57 bits per heavy atom. The first-order valence-corrected chi connectivity index (χ1v) is 9.11. The zero-order chi connectivity index (χ0) is 19.5. The largest absolute Gasteiger partial charge is 0.348 e. The van der Waals surface area contributed by atoms with Gasteiger partial charge in [0.05, 0.1) is 11.0 Å². The molecular weight excluding hydrogens is 360 g/mol. The Kier molecular flexibility index (Phi) is 4.98. The molecule has 1 atom stereocenters. The molecule has 0 saturated carbocycles. The molecule has 1 saturated heterocycles. The Morgan fingerprint density at radius 2 is 1.86 bits per heavy atom. The molecule has 1 aromatic carbocycles. The second kappa shape index (κ2) is 7.73. The molecule has 1 aliphatic heterocycles. The number of benzene rings is 1. The Bertz CT molecular complexity index is 953. The molecule has 0 radical (unpaired) electrons. The minimum Gasteiger partial charge on any atom is -0.348 e. The van der Waals surface area contributed by atoms with Crippen molar-refractivity contribution in [2.45, 2.75) is 13.0 Å². The van der Waals surface area contributed by atoms with E-state index in [1.165, 1.54) is 6.07 Å². The molecule has 4 rings (SSSR count). The first-order valence-electron chi connectivity index (χ1n) is 9.11. The molecule has 0 amide bonds. The van der Waals surface area contributed by atoms with Crippen molar-refractivity contribution in [2.75, 3.05) is 31.1 Å². The van der Waals surface area contributed by atoms with Crippen molar-refractivity contribution in [3.8, 4) is 11.4 Å². The van der Waals surface area contributed by atoms with E-state index >= 15 is 0 Å². The highest BCUT2D eigenvalue weighted by molar-refractivity contribution is 5.57. The molecule has 0 N–H and O–H groups in total. The van der Waals surface area contributed by atoms with Crippen LogP contribution >= 0.6 is 0 Å². The molecule has 0 bridgehead atoms. The SMILES string of the molecule is C[C@H](c1nc(-c2ccccc2)no1)N1CCN(c2ncccc2[N+](=O)[O-])CC1. The quantitative estimate of drug-likeness (QED) is 0.492. The molecule has 3 heterocycles. The number of nitro groups is 1. The number of pyridine rings is 1. The molecule has 144 valence electrons. The van der Waals surface area contributed by atoms with Crippen LogP contribution in [-0.4, -0.2) is 51.1 Å². The lowest BCUT2D eigenvalue weighted by molar-refractivity contribution is -0.384. The van der Waals surface area contributed by atoms with Crippen LogP contribution in [0.25, 0.3) is 11.4 Å². The number of nitrogens with zero attached hydrogens (tertiary/aromatic N) is 6. The number of anilines is 1. The monoisotopic (exact) mass is 380 g/mol. The smallest absolute Gasteiger partial charge is 0.311 e. The van der Waals surface area contributed by atoms with Crippen LogP contribution in [0.3, 0.4) is 0 Å². The van der Waals surface area contributed by atoms with Gasteiger partial charge in [-0.25, -0.2) is 4.98 Å². The second-order valence-electron chi connectivity index (χ2n) is 6.62. The molecular formula is C19H20N6O3. The van der Waals surface area contributed by atoms with E-state index in [1.54, 1.807) is 12.3 Å². The summed E-state index contributed by atoms with van der Waals surface area (Å²) in [5.41, 5.74) is 0.949. The fourth-order valence-electron chi connectivity index (χ4n) is 3.36. The summed E-state index contributed by atoms with van der Waals surface area (Å²) >= 11 is 0. The van der Waals surface area contributed by atoms with Crippen LogP contribution in [0, 0.1) is 10.1 Å². The number of hydrogen-bond donors (Lipinski definition) is 0. The Hall–Kier alpha value is -3.33. The van der Waals surface area contributed by atoms with E-state index in [2.05, 4.69) is 20.0 Å². The Morgan fingerprint density at radius 1 is 1.11 bits per heavy atom. The molecule has 28 heavy (non-hydrogen) atoms. The fraction of sp³-hybridized carbons (Fsp3) is 0.316. The summed E-state index contributed by atoms with van der Waals surface area (Å²) in [5.74, 6) is 1.56. The summed E-state index contributed by atoms with van der Waals surface area (Å²) in [7, 11) is 0. The third-order valence-corrected chi connectivity index (χ3v) is 4.96. The zero-order valence-electron chi connectivity index (χ0n) is 15.4. The summed E-state index contributed by atoms with van der Waals surface area (Å²) < 4.78 is 5.48. The molecule has 0 spiro atoms. The molecule has 9 nitrogen and oxygen atoms in total. The van der Waals surface area contributed by atoms with Crippen LogP contribution < -0.4 is 4.90 Å². The molecule has 2 aromatic heterocycles. The number of hydrogen-bond acceptors (Lipinski definition) is 8. The minimum atomic E-state index is -0.388. The summed E-state index contributed by atoms with van der Waals surface area (Å²) in [5, 5.41) is 15.3. The number of rotatable bonds is 5. The van der Waals surface area contributed by atoms with Crippen molar-refractivity contribution in [2.24, 2.45) is 0 Å². The average molecular weight is 380 g/mol. The summed E-state index contributed by atoms with van der Waals surface area (Å²) in [6.07, 6.45) is 1.58. The van der Waals surface area contributed by atoms with E-state index < -0.39 is 0 Å². The Balaban J connectivity index is 1.43. The van der Waals surface area contributed by atoms with E-state index in [-0.39, 0.29) is 16.7 Å². The lowest BCUT2D eigenvalue weighted by atomic mass is 10.2. The van der Waals surface area contributed by atoms with Crippen LogP contribution in [0.4, 0.5) is 11.5 Å². The topological polar surface area (TPSA) is 101 Å². The van der Waals surface area contributed by atoms with Gasteiger partial charge in [-0.2, -0.15) is 4.98 Å². The van der Waals surface area contributed by atoms with E-state index in [4.69, 9.17) is 4.52 Å².